The molecule has 5 heteroatoms. The van der Waals surface area contributed by atoms with Crippen LogP contribution in [-0.2, 0) is 6.54 Å². The average Bonchev–Trinajstić information content (AvgIpc) is 2.65. The fourth-order valence-electron chi connectivity index (χ4n) is 1.44. The zero-order valence-electron chi connectivity index (χ0n) is 10.4. The maximum atomic E-state index is 10.8. The first kappa shape index (κ1) is 14.5. The molecule has 3 nitrogen and oxygen atoms in total. The van der Waals surface area contributed by atoms with Crippen molar-refractivity contribution in [2.75, 3.05) is 11.5 Å². The van der Waals surface area contributed by atoms with E-state index in [9.17, 15) is 4.79 Å². The molecule has 17 heavy (non-hydrogen) atoms. The number of rotatable bonds is 7. The molecule has 0 amide bonds. The fraction of sp³-hybridized carbons (Fsp3) is 0.583. The SMILES string of the molecule is CCSCC(C)NCc1cc(C(=O)O)sc1C. The monoisotopic (exact) mass is 273 g/mol. The lowest BCUT2D eigenvalue weighted by Gasteiger charge is -2.12. The fourth-order valence-corrected chi connectivity index (χ4v) is 3.03. The van der Waals surface area contributed by atoms with Gasteiger partial charge < -0.3 is 10.4 Å². The molecule has 96 valence electrons. The molecule has 0 saturated heterocycles. The second-order valence-corrected chi connectivity index (χ2v) is 6.51. The lowest BCUT2D eigenvalue weighted by molar-refractivity contribution is 0.0702. The molecular weight excluding hydrogens is 254 g/mol. The van der Waals surface area contributed by atoms with E-state index in [2.05, 4.69) is 19.2 Å². The van der Waals surface area contributed by atoms with Gasteiger partial charge in [-0.3, -0.25) is 0 Å². The van der Waals surface area contributed by atoms with E-state index in [1.165, 1.54) is 11.3 Å². The van der Waals surface area contributed by atoms with E-state index < -0.39 is 5.97 Å². The van der Waals surface area contributed by atoms with Gasteiger partial charge in [0.2, 0.25) is 0 Å². The Labute approximate surface area is 111 Å². The first-order valence-corrected chi connectivity index (χ1v) is 7.65. The maximum Gasteiger partial charge on any atom is 0.345 e. The lowest BCUT2D eigenvalue weighted by Crippen LogP contribution is -2.27. The zero-order valence-corrected chi connectivity index (χ0v) is 12.1. The number of hydrogen-bond acceptors (Lipinski definition) is 4. The minimum absolute atomic E-state index is 0.426. The highest BCUT2D eigenvalue weighted by Crippen LogP contribution is 2.21. The molecule has 1 unspecified atom stereocenters. The molecule has 0 saturated carbocycles. The number of aromatic carboxylic acids is 1. The van der Waals surface area contributed by atoms with Gasteiger partial charge in [-0.1, -0.05) is 6.92 Å². The molecular formula is C12H19NO2S2. The van der Waals surface area contributed by atoms with E-state index in [1.54, 1.807) is 6.07 Å². The summed E-state index contributed by atoms with van der Waals surface area (Å²) in [6.45, 7) is 7.03. The van der Waals surface area contributed by atoms with Gasteiger partial charge in [0.15, 0.2) is 0 Å². The van der Waals surface area contributed by atoms with Crippen molar-refractivity contribution in [1.29, 1.82) is 0 Å². The van der Waals surface area contributed by atoms with E-state index >= 15 is 0 Å². The van der Waals surface area contributed by atoms with Crippen LogP contribution in [-0.4, -0.2) is 28.6 Å². The summed E-state index contributed by atoms with van der Waals surface area (Å²) in [5.41, 5.74) is 1.10. The Balaban J connectivity index is 2.48. The molecule has 0 bridgehead atoms. The van der Waals surface area contributed by atoms with Crippen LogP contribution >= 0.6 is 23.1 Å². The number of carbonyl (C=O) groups is 1. The molecule has 1 aromatic heterocycles. The summed E-state index contributed by atoms with van der Waals surface area (Å²) in [7, 11) is 0. The zero-order chi connectivity index (χ0) is 12.8. The van der Waals surface area contributed by atoms with Crippen LogP contribution in [0.15, 0.2) is 6.07 Å². The van der Waals surface area contributed by atoms with E-state index in [-0.39, 0.29) is 0 Å². The molecule has 1 rings (SSSR count). The number of thioether (sulfide) groups is 1. The Hall–Kier alpha value is -0.520. The van der Waals surface area contributed by atoms with E-state index in [0.717, 1.165) is 28.5 Å². The van der Waals surface area contributed by atoms with Crippen molar-refractivity contribution in [3.05, 3.63) is 21.4 Å². The minimum atomic E-state index is -0.834. The molecule has 1 atom stereocenters. The van der Waals surface area contributed by atoms with Gasteiger partial charge in [-0.25, -0.2) is 4.79 Å². The summed E-state index contributed by atoms with van der Waals surface area (Å²) in [5, 5.41) is 12.3. The first-order chi connectivity index (χ1) is 8.04. The van der Waals surface area contributed by atoms with Crippen LogP contribution in [0.25, 0.3) is 0 Å². The van der Waals surface area contributed by atoms with Crippen LogP contribution < -0.4 is 5.32 Å². The number of aryl methyl sites for hydroxylation is 1. The average molecular weight is 273 g/mol. The van der Waals surface area contributed by atoms with Gasteiger partial charge in [0.25, 0.3) is 0 Å². The molecule has 0 aliphatic carbocycles. The Morgan fingerprint density at radius 3 is 2.88 bits per heavy atom. The lowest BCUT2D eigenvalue weighted by atomic mass is 10.2. The summed E-state index contributed by atoms with van der Waals surface area (Å²) in [6.07, 6.45) is 0. The van der Waals surface area contributed by atoms with Crippen molar-refractivity contribution in [3.63, 3.8) is 0 Å². The highest BCUT2D eigenvalue weighted by molar-refractivity contribution is 7.99. The third kappa shape index (κ3) is 4.69. The van der Waals surface area contributed by atoms with Gasteiger partial charge in [-0.05, 0) is 31.2 Å². The van der Waals surface area contributed by atoms with Crippen molar-refractivity contribution in [1.82, 2.24) is 5.32 Å². The molecule has 1 aromatic rings. The highest BCUT2D eigenvalue weighted by Gasteiger charge is 2.11. The number of hydrogen-bond donors (Lipinski definition) is 2. The van der Waals surface area contributed by atoms with Crippen LogP contribution in [0.3, 0.4) is 0 Å². The molecule has 0 spiro atoms. The Bertz CT molecular complexity index is 377. The van der Waals surface area contributed by atoms with Crippen LogP contribution in [0, 0.1) is 6.92 Å². The summed E-state index contributed by atoms with van der Waals surface area (Å²) >= 11 is 3.26. The Kier molecular flexibility index (Phi) is 6.02. The first-order valence-electron chi connectivity index (χ1n) is 5.68. The molecule has 0 aromatic carbocycles. The van der Waals surface area contributed by atoms with Crippen molar-refractivity contribution in [2.24, 2.45) is 0 Å². The normalized spacial score (nSPS) is 12.6. The third-order valence-electron chi connectivity index (χ3n) is 2.44. The topological polar surface area (TPSA) is 49.3 Å². The summed E-state index contributed by atoms with van der Waals surface area (Å²) in [6, 6.07) is 2.22. The van der Waals surface area contributed by atoms with Gasteiger partial charge >= 0.3 is 5.97 Å². The summed E-state index contributed by atoms with van der Waals surface area (Å²) in [4.78, 5) is 12.3. The maximum absolute atomic E-state index is 10.8. The molecule has 0 aliphatic rings. The van der Waals surface area contributed by atoms with Crippen LogP contribution in [0.1, 0.15) is 34.0 Å². The van der Waals surface area contributed by atoms with Crippen molar-refractivity contribution < 1.29 is 9.90 Å². The third-order valence-corrected chi connectivity index (χ3v) is 4.67. The van der Waals surface area contributed by atoms with Crippen molar-refractivity contribution >= 4 is 29.1 Å². The highest BCUT2D eigenvalue weighted by atomic mass is 32.2. The molecule has 2 N–H and O–H groups in total. The standard InChI is InChI=1S/C12H19NO2S2/c1-4-16-7-8(2)13-6-10-5-11(12(14)15)17-9(10)3/h5,8,13H,4,6-7H2,1-3H3,(H,14,15). The number of thiophene rings is 1. The van der Waals surface area contributed by atoms with Gasteiger partial charge in [0.1, 0.15) is 4.88 Å². The largest absolute Gasteiger partial charge is 0.477 e. The minimum Gasteiger partial charge on any atom is -0.477 e. The molecule has 0 radical (unpaired) electrons. The van der Waals surface area contributed by atoms with Crippen LogP contribution in [0.5, 0.6) is 0 Å². The van der Waals surface area contributed by atoms with E-state index in [0.29, 0.717) is 10.9 Å². The predicted molar refractivity (Wildman–Crippen MR) is 75.3 cm³/mol. The smallest absolute Gasteiger partial charge is 0.345 e. The molecule has 0 aliphatic heterocycles. The van der Waals surface area contributed by atoms with E-state index in [4.69, 9.17) is 5.11 Å². The Morgan fingerprint density at radius 2 is 2.35 bits per heavy atom. The number of nitrogens with one attached hydrogen (secondary N) is 1. The quantitative estimate of drug-likeness (QED) is 0.802. The van der Waals surface area contributed by atoms with Crippen molar-refractivity contribution in [2.45, 2.75) is 33.4 Å². The van der Waals surface area contributed by atoms with Gasteiger partial charge in [0.05, 0.1) is 0 Å². The second kappa shape index (κ2) is 7.03. The van der Waals surface area contributed by atoms with Gasteiger partial charge in [-0.2, -0.15) is 11.8 Å². The summed E-state index contributed by atoms with van der Waals surface area (Å²) in [5.74, 6) is 1.39. The van der Waals surface area contributed by atoms with Crippen LogP contribution in [0.4, 0.5) is 0 Å². The summed E-state index contributed by atoms with van der Waals surface area (Å²) < 4.78 is 0. The predicted octanol–water partition coefficient (Wildman–Crippen LogP) is 2.99. The Morgan fingerprint density at radius 1 is 1.65 bits per heavy atom. The molecule has 1 heterocycles. The van der Waals surface area contributed by atoms with Crippen LogP contribution in [0.2, 0.25) is 0 Å². The molecule has 0 fully saturated rings. The second-order valence-electron chi connectivity index (χ2n) is 3.94. The van der Waals surface area contributed by atoms with Crippen molar-refractivity contribution in [3.8, 4) is 0 Å². The van der Waals surface area contributed by atoms with Gasteiger partial charge in [-0.15, -0.1) is 11.3 Å². The number of carboxylic acids is 1. The van der Waals surface area contributed by atoms with Gasteiger partial charge in [0, 0.05) is 23.2 Å². The number of carboxylic acid groups (broad SMARTS) is 1. The van der Waals surface area contributed by atoms with E-state index in [1.807, 2.05) is 18.7 Å².